The number of carbonyl (C=O) groups excluding carboxylic acids is 2. The number of hydrogen-bond acceptors (Lipinski definition) is 5. The lowest BCUT2D eigenvalue weighted by Gasteiger charge is -2.31. The van der Waals surface area contributed by atoms with E-state index in [0.717, 1.165) is 28.7 Å². The summed E-state index contributed by atoms with van der Waals surface area (Å²) in [6.45, 7) is 3.17. The number of carbonyl (C=O) groups is 2. The second-order valence-corrected chi connectivity index (χ2v) is 7.15. The Labute approximate surface area is 145 Å². The van der Waals surface area contributed by atoms with E-state index in [-0.39, 0.29) is 23.5 Å². The molecule has 1 fully saturated rings. The number of benzene rings is 1. The number of rotatable bonds is 4. The minimum absolute atomic E-state index is 0.0199. The maximum Gasteiger partial charge on any atom is 0.320 e. The number of hydrogen-bond donors (Lipinski definition) is 0. The molecule has 3 rings (SSSR count). The molecule has 1 saturated heterocycles. The van der Waals surface area contributed by atoms with Crippen LogP contribution >= 0.6 is 11.8 Å². The van der Waals surface area contributed by atoms with E-state index in [1.165, 1.54) is 12.7 Å². The van der Waals surface area contributed by atoms with Crippen molar-refractivity contribution in [3.8, 4) is 0 Å². The quantitative estimate of drug-likeness (QED) is 0.796. The van der Waals surface area contributed by atoms with Crippen molar-refractivity contribution in [3.05, 3.63) is 35.6 Å². The number of fused-ring (bicyclic) bond motifs is 1. The van der Waals surface area contributed by atoms with Gasteiger partial charge in [0.05, 0.1) is 19.8 Å². The average Bonchev–Trinajstić information content (AvgIpc) is 3.03. The molecule has 1 aliphatic rings. The second-order valence-electron chi connectivity index (χ2n) is 5.84. The third-order valence-corrected chi connectivity index (χ3v) is 5.52. The average molecular weight is 347 g/mol. The van der Waals surface area contributed by atoms with Crippen LogP contribution in [0.2, 0.25) is 0 Å². The van der Waals surface area contributed by atoms with Crippen LogP contribution in [0.15, 0.2) is 28.9 Å². The normalized spacial score (nSPS) is 17.9. The van der Waals surface area contributed by atoms with E-state index < -0.39 is 0 Å². The van der Waals surface area contributed by atoms with Crippen molar-refractivity contribution in [3.63, 3.8) is 0 Å². The molecule has 0 unspecified atom stereocenters. The maximum absolute atomic E-state index is 12.6. The smallest absolute Gasteiger partial charge is 0.320 e. The minimum Gasteiger partial charge on any atom is -0.468 e. The molecule has 1 aromatic carbocycles. The lowest BCUT2D eigenvalue weighted by molar-refractivity contribution is -0.141. The molecule has 6 heteroatoms. The van der Waals surface area contributed by atoms with Gasteiger partial charge in [0.15, 0.2) is 0 Å². The van der Waals surface area contributed by atoms with E-state index in [9.17, 15) is 9.59 Å². The van der Waals surface area contributed by atoms with E-state index in [1.807, 2.05) is 12.1 Å². The van der Waals surface area contributed by atoms with Gasteiger partial charge in [-0.3, -0.25) is 9.59 Å². The molecule has 0 spiro atoms. The third-order valence-electron chi connectivity index (χ3n) is 4.35. The van der Waals surface area contributed by atoms with E-state index >= 15 is 0 Å². The van der Waals surface area contributed by atoms with Crippen molar-refractivity contribution in [2.45, 2.75) is 25.0 Å². The van der Waals surface area contributed by atoms with Crippen LogP contribution in [0.1, 0.15) is 18.1 Å². The highest BCUT2D eigenvalue weighted by atomic mass is 32.2. The van der Waals surface area contributed by atoms with Crippen LogP contribution in [0.5, 0.6) is 0 Å². The monoisotopic (exact) mass is 347 g/mol. The highest BCUT2D eigenvalue weighted by molar-refractivity contribution is 8.00. The largest absolute Gasteiger partial charge is 0.468 e. The molecule has 2 aromatic rings. The molecule has 1 amide bonds. The molecule has 0 radical (unpaired) electrons. The van der Waals surface area contributed by atoms with Crippen LogP contribution in [-0.4, -0.2) is 48.0 Å². The number of nitrogens with zero attached hydrogens (tertiary/aromatic N) is 1. The fourth-order valence-corrected chi connectivity index (χ4v) is 4.04. The molecule has 0 bridgehead atoms. The lowest BCUT2D eigenvalue weighted by atomic mass is 10.1. The minimum atomic E-state index is -0.291. The highest BCUT2D eigenvalue weighted by Gasteiger charge is 2.29. The molecule has 128 valence electrons. The van der Waals surface area contributed by atoms with Crippen molar-refractivity contribution in [2.75, 3.05) is 26.0 Å². The Morgan fingerprint density at radius 2 is 2.25 bits per heavy atom. The van der Waals surface area contributed by atoms with Gasteiger partial charge in [-0.05, 0) is 18.1 Å². The van der Waals surface area contributed by atoms with Crippen LogP contribution < -0.4 is 0 Å². The van der Waals surface area contributed by atoms with Gasteiger partial charge < -0.3 is 14.1 Å². The van der Waals surface area contributed by atoms with Gasteiger partial charge in [-0.25, -0.2) is 0 Å². The predicted octanol–water partition coefficient (Wildman–Crippen LogP) is 2.65. The van der Waals surface area contributed by atoms with Crippen LogP contribution in [0.3, 0.4) is 0 Å². The molecule has 0 aliphatic carbocycles. The van der Waals surface area contributed by atoms with Gasteiger partial charge in [0, 0.05) is 29.8 Å². The number of ether oxygens (including phenoxy) is 1. The number of esters is 1. The van der Waals surface area contributed by atoms with E-state index in [0.29, 0.717) is 13.1 Å². The van der Waals surface area contributed by atoms with Gasteiger partial charge in [0.25, 0.3) is 0 Å². The summed E-state index contributed by atoms with van der Waals surface area (Å²) in [6, 6.07) is 6.11. The zero-order valence-corrected chi connectivity index (χ0v) is 14.7. The van der Waals surface area contributed by atoms with E-state index in [2.05, 4.69) is 13.0 Å². The topological polar surface area (TPSA) is 59.8 Å². The lowest BCUT2D eigenvalue weighted by Crippen LogP contribution is -2.45. The Bertz CT molecular complexity index is 755. The molecule has 0 saturated carbocycles. The first-order valence-corrected chi connectivity index (χ1v) is 9.13. The summed E-state index contributed by atoms with van der Waals surface area (Å²) < 4.78 is 10.4. The fourth-order valence-electron chi connectivity index (χ4n) is 2.91. The van der Waals surface area contributed by atoms with Crippen molar-refractivity contribution in [1.29, 1.82) is 0 Å². The van der Waals surface area contributed by atoms with Gasteiger partial charge in [-0.1, -0.05) is 19.1 Å². The van der Waals surface area contributed by atoms with Crippen LogP contribution in [0, 0.1) is 0 Å². The Kier molecular flexibility index (Phi) is 5.14. The number of furan rings is 1. The Morgan fingerprint density at radius 1 is 1.42 bits per heavy atom. The SMILES string of the molecule is CCc1ccc2c(CC(=O)N3CCS[C@H](C(=O)OC)C3)coc2c1. The molecule has 2 heterocycles. The van der Waals surface area contributed by atoms with Crippen LogP contribution in [-0.2, 0) is 27.2 Å². The zero-order valence-electron chi connectivity index (χ0n) is 13.9. The number of aryl methyl sites for hydroxylation is 1. The van der Waals surface area contributed by atoms with E-state index in [1.54, 1.807) is 22.9 Å². The Hall–Kier alpha value is -1.95. The van der Waals surface area contributed by atoms with Gasteiger partial charge in [-0.15, -0.1) is 11.8 Å². The van der Waals surface area contributed by atoms with Gasteiger partial charge in [-0.2, -0.15) is 0 Å². The molecule has 0 N–H and O–H groups in total. The Balaban J connectivity index is 1.71. The number of amides is 1. The zero-order chi connectivity index (χ0) is 17.1. The van der Waals surface area contributed by atoms with Gasteiger partial charge in [0.2, 0.25) is 5.91 Å². The first-order valence-electron chi connectivity index (χ1n) is 8.08. The summed E-state index contributed by atoms with van der Waals surface area (Å²) in [6.07, 6.45) is 2.90. The number of methoxy groups -OCH3 is 1. The first-order chi connectivity index (χ1) is 11.6. The predicted molar refractivity (Wildman–Crippen MR) is 94.1 cm³/mol. The van der Waals surface area contributed by atoms with Crippen molar-refractivity contribution < 1.29 is 18.7 Å². The molecule has 24 heavy (non-hydrogen) atoms. The van der Waals surface area contributed by atoms with Crippen LogP contribution in [0.25, 0.3) is 11.0 Å². The molecular weight excluding hydrogens is 326 g/mol. The summed E-state index contributed by atoms with van der Waals surface area (Å²) >= 11 is 1.54. The molecule has 1 aliphatic heterocycles. The summed E-state index contributed by atoms with van der Waals surface area (Å²) in [5.41, 5.74) is 2.92. The number of thioether (sulfide) groups is 1. The molecule has 1 aromatic heterocycles. The van der Waals surface area contributed by atoms with Crippen molar-refractivity contribution in [1.82, 2.24) is 4.90 Å². The molecule has 5 nitrogen and oxygen atoms in total. The summed E-state index contributed by atoms with van der Waals surface area (Å²) in [4.78, 5) is 26.1. The highest BCUT2D eigenvalue weighted by Crippen LogP contribution is 2.25. The van der Waals surface area contributed by atoms with Gasteiger partial charge in [0.1, 0.15) is 10.8 Å². The summed E-state index contributed by atoms with van der Waals surface area (Å²) in [5.74, 6) is 0.502. The molecular formula is C18H21NO4S. The Morgan fingerprint density at radius 3 is 3.00 bits per heavy atom. The maximum atomic E-state index is 12.6. The fraction of sp³-hybridized carbons (Fsp3) is 0.444. The van der Waals surface area contributed by atoms with E-state index in [4.69, 9.17) is 9.15 Å². The van der Waals surface area contributed by atoms with Crippen molar-refractivity contribution >= 4 is 34.6 Å². The third kappa shape index (κ3) is 3.43. The summed E-state index contributed by atoms with van der Waals surface area (Å²) in [5, 5.41) is 0.692. The second kappa shape index (κ2) is 7.30. The molecule has 1 atom stereocenters. The standard InChI is InChI=1S/C18H21NO4S/c1-3-12-4-5-14-13(11-23-15(14)8-12)9-17(20)19-6-7-24-16(10-19)18(21)22-2/h4-5,8,11,16H,3,6-7,9-10H2,1-2H3/t16-/m0/s1. The van der Waals surface area contributed by atoms with Crippen molar-refractivity contribution in [2.24, 2.45) is 0 Å². The first kappa shape index (κ1) is 16.9. The van der Waals surface area contributed by atoms with Gasteiger partial charge >= 0.3 is 5.97 Å². The van der Waals surface area contributed by atoms with Crippen LogP contribution in [0.4, 0.5) is 0 Å². The summed E-state index contributed by atoms with van der Waals surface area (Å²) in [7, 11) is 1.38.